The first-order valence-electron chi connectivity index (χ1n) is 11.4. The van der Waals surface area contributed by atoms with Crippen molar-refractivity contribution in [2.24, 2.45) is 5.92 Å². The third-order valence-corrected chi connectivity index (χ3v) is 7.38. The minimum atomic E-state index is -3.82. The number of nitrogens with one attached hydrogen (secondary N) is 1. The fraction of sp³-hybridized carbons (Fsp3) is 0.360. The highest BCUT2D eigenvalue weighted by Crippen LogP contribution is 2.28. The van der Waals surface area contributed by atoms with E-state index in [1.54, 1.807) is 30.3 Å². The number of fused-ring (bicyclic) bond motifs is 1. The topological polar surface area (TPSA) is 103 Å². The third kappa shape index (κ3) is 5.31. The Morgan fingerprint density at radius 2 is 1.74 bits per heavy atom. The maximum absolute atomic E-state index is 12.9. The molecule has 0 atom stereocenters. The van der Waals surface area contributed by atoms with E-state index in [0.717, 1.165) is 38.2 Å². The molecule has 8 nitrogen and oxygen atoms in total. The van der Waals surface area contributed by atoms with Crippen LogP contribution >= 0.6 is 0 Å². The lowest BCUT2D eigenvalue weighted by Gasteiger charge is -2.33. The average Bonchev–Trinajstić information content (AvgIpc) is 2.78. The summed E-state index contributed by atoms with van der Waals surface area (Å²) in [6, 6.07) is 13.2. The summed E-state index contributed by atoms with van der Waals surface area (Å²) in [4.78, 5) is 21.1. The van der Waals surface area contributed by atoms with Crippen LogP contribution in [-0.2, 0) is 16.4 Å². The molecule has 1 saturated heterocycles. The molecule has 2 heterocycles. The lowest BCUT2D eigenvalue weighted by molar-refractivity contribution is 0.0699. The number of carbonyl (C=O) groups is 1. The second-order valence-corrected chi connectivity index (χ2v) is 10.9. The number of rotatable bonds is 7. The lowest BCUT2D eigenvalue weighted by atomic mass is 10.0. The van der Waals surface area contributed by atoms with Crippen LogP contribution < -0.4 is 9.62 Å². The van der Waals surface area contributed by atoms with Crippen LogP contribution in [0.3, 0.4) is 0 Å². The molecule has 9 heteroatoms. The zero-order valence-corrected chi connectivity index (χ0v) is 20.5. The van der Waals surface area contributed by atoms with Crippen LogP contribution in [0.5, 0.6) is 0 Å². The van der Waals surface area contributed by atoms with Crippen LogP contribution in [0, 0.1) is 5.92 Å². The van der Waals surface area contributed by atoms with Gasteiger partial charge in [-0.25, -0.2) is 18.2 Å². The number of aromatic nitrogens is 1. The van der Waals surface area contributed by atoms with E-state index in [0.29, 0.717) is 22.6 Å². The van der Waals surface area contributed by atoms with Gasteiger partial charge in [-0.1, -0.05) is 26.0 Å². The number of piperazine rings is 1. The summed E-state index contributed by atoms with van der Waals surface area (Å²) >= 11 is 0. The van der Waals surface area contributed by atoms with Crippen LogP contribution in [0.1, 0.15) is 29.8 Å². The summed E-state index contributed by atoms with van der Waals surface area (Å²) in [7, 11) is -1.77. The minimum Gasteiger partial charge on any atom is -0.478 e. The molecule has 2 N–H and O–H groups in total. The number of likely N-dealkylation sites (N-methyl/N-ethyl adjacent to an activating group) is 1. The first-order valence-corrected chi connectivity index (χ1v) is 12.8. The number of nitrogens with zero attached hydrogens (tertiary/aromatic N) is 3. The molecule has 0 unspecified atom stereocenters. The molecule has 0 radical (unpaired) electrons. The summed E-state index contributed by atoms with van der Waals surface area (Å²) in [5, 5.41) is 10.2. The summed E-state index contributed by atoms with van der Waals surface area (Å²) in [5.74, 6) is 0.0170. The number of hydrogen-bond acceptors (Lipinski definition) is 6. The van der Waals surface area contributed by atoms with Gasteiger partial charge in [-0.05, 0) is 61.3 Å². The second-order valence-electron chi connectivity index (χ2n) is 9.20. The minimum absolute atomic E-state index is 0.0954. The maximum Gasteiger partial charge on any atom is 0.336 e. The Labute approximate surface area is 200 Å². The van der Waals surface area contributed by atoms with E-state index in [4.69, 9.17) is 0 Å². The Kier molecular flexibility index (Phi) is 6.77. The summed E-state index contributed by atoms with van der Waals surface area (Å²) in [6.07, 6.45) is 0.875. The predicted molar refractivity (Wildman–Crippen MR) is 134 cm³/mol. The highest BCUT2D eigenvalue weighted by Gasteiger charge is 2.20. The number of aromatic carboxylic acids is 1. The molecule has 0 saturated carbocycles. The van der Waals surface area contributed by atoms with Crippen LogP contribution in [0.25, 0.3) is 10.9 Å². The average molecular weight is 483 g/mol. The molecule has 180 valence electrons. The summed E-state index contributed by atoms with van der Waals surface area (Å²) in [6.45, 7) is 7.51. The molecule has 1 fully saturated rings. The zero-order valence-electron chi connectivity index (χ0n) is 19.7. The van der Waals surface area contributed by atoms with E-state index in [2.05, 4.69) is 40.4 Å². The standard InChI is InChI=1S/C25H30N4O4S/c1-17(2)14-18-4-7-20(8-5-18)34(32,33)27-19-6-9-23-21(15-19)22(25(30)31)16-24(26-23)29-12-10-28(3)11-13-29/h4-9,15-17,27H,10-14H2,1-3H3,(H,30,31). The number of pyridine rings is 1. The molecule has 4 rings (SSSR count). The van der Waals surface area contributed by atoms with E-state index in [1.165, 1.54) is 6.07 Å². The number of carboxylic acids is 1. The molecule has 2 aromatic carbocycles. The van der Waals surface area contributed by atoms with Crippen LogP contribution in [0.2, 0.25) is 0 Å². The Bertz CT molecular complexity index is 1300. The number of sulfonamides is 1. The van der Waals surface area contributed by atoms with Crippen molar-refractivity contribution in [3.63, 3.8) is 0 Å². The van der Waals surface area contributed by atoms with Crippen LogP contribution in [0.15, 0.2) is 53.4 Å². The van der Waals surface area contributed by atoms with Crippen LogP contribution in [0.4, 0.5) is 11.5 Å². The van der Waals surface area contributed by atoms with Crippen molar-refractivity contribution >= 4 is 38.4 Å². The molecule has 3 aromatic rings. The third-order valence-electron chi connectivity index (χ3n) is 5.98. The van der Waals surface area contributed by atoms with E-state index < -0.39 is 16.0 Å². The van der Waals surface area contributed by atoms with E-state index in [1.807, 2.05) is 12.1 Å². The van der Waals surface area contributed by atoms with Gasteiger partial charge in [0.2, 0.25) is 0 Å². The summed E-state index contributed by atoms with van der Waals surface area (Å²) < 4.78 is 28.4. The van der Waals surface area contributed by atoms with Gasteiger partial charge in [0.25, 0.3) is 10.0 Å². The maximum atomic E-state index is 12.9. The number of carboxylic acid groups (broad SMARTS) is 1. The summed E-state index contributed by atoms with van der Waals surface area (Å²) in [5.41, 5.74) is 1.97. The first kappa shape index (κ1) is 24.0. The Balaban J connectivity index is 1.63. The Morgan fingerprint density at radius 3 is 2.35 bits per heavy atom. The van der Waals surface area contributed by atoms with Gasteiger partial charge in [0.05, 0.1) is 16.0 Å². The smallest absolute Gasteiger partial charge is 0.336 e. The fourth-order valence-corrected chi connectivity index (χ4v) is 5.19. The fourth-order valence-electron chi connectivity index (χ4n) is 4.14. The molecular formula is C25H30N4O4S. The van der Waals surface area contributed by atoms with Gasteiger partial charge in [0, 0.05) is 37.3 Å². The zero-order chi connectivity index (χ0) is 24.5. The van der Waals surface area contributed by atoms with Gasteiger partial charge in [0.15, 0.2) is 0 Å². The molecule has 0 bridgehead atoms. The predicted octanol–water partition coefficient (Wildman–Crippen LogP) is 3.68. The number of hydrogen-bond donors (Lipinski definition) is 2. The second kappa shape index (κ2) is 9.60. The van der Waals surface area contributed by atoms with Crippen molar-refractivity contribution in [1.82, 2.24) is 9.88 Å². The van der Waals surface area contributed by atoms with Crippen molar-refractivity contribution in [2.75, 3.05) is 42.8 Å². The molecular weight excluding hydrogens is 452 g/mol. The molecule has 0 spiro atoms. The first-order chi connectivity index (χ1) is 16.1. The quantitative estimate of drug-likeness (QED) is 0.529. The van der Waals surface area contributed by atoms with Gasteiger partial charge < -0.3 is 14.9 Å². The van der Waals surface area contributed by atoms with Gasteiger partial charge in [-0.15, -0.1) is 0 Å². The van der Waals surface area contributed by atoms with Crippen molar-refractivity contribution in [3.05, 3.63) is 59.7 Å². The largest absolute Gasteiger partial charge is 0.478 e. The van der Waals surface area contributed by atoms with Crippen molar-refractivity contribution < 1.29 is 18.3 Å². The van der Waals surface area contributed by atoms with Crippen molar-refractivity contribution in [3.8, 4) is 0 Å². The SMILES string of the molecule is CC(C)Cc1ccc(S(=O)(=O)Nc2ccc3nc(N4CCN(C)CC4)cc(C(=O)O)c3c2)cc1. The van der Waals surface area contributed by atoms with Gasteiger partial charge in [-0.2, -0.15) is 0 Å². The Hall–Kier alpha value is -3.17. The molecule has 0 amide bonds. The number of anilines is 2. The number of benzene rings is 2. The molecule has 1 aromatic heterocycles. The van der Waals surface area contributed by atoms with Gasteiger partial charge in [-0.3, -0.25) is 4.72 Å². The molecule has 34 heavy (non-hydrogen) atoms. The Morgan fingerprint density at radius 1 is 1.06 bits per heavy atom. The molecule has 1 aliphatic heterocycles. The van der Waals surface area contributed by atoms with Crippen molar-refractivity contribution in [1.29, 1.82) is 0 Å². The monoisotopic (exact) mass is 482 g/mol. The van der Waals surface area contributed by atoms with Crippen LogP contribution in [-0.4, -0.2) is 62.6 Å². The molecule has 0 aliphatic carbocycles. The normalized spacial score (nSPS) is 15.1. The van der Waals surface area contributed by atoms with E-state index in [-0.39, 0.29) is 16.1 Å². The highest BCUT2D eigenvalue weighted by atomic mass is 32.2. The van der Waals surface area contributed by atoms with Gasteiger partial charge in [0.1, 0.15) is 5.82 Å². The van der Waals surface area contributed by atoms with E-state index in [9.17, 15) is 18.3 Å². The lowest BCUT2D eigenvalue weighted by Crippen LogP contribution is -2.44. The van der Waals surface area contributed by atoms with Gasteiger partial charge >= 0.3 is 5.97 Å². The molecule has 1 aliphatic rings. The highest BCUT2D eigenvalue weighted by molar-refractivity contribution is 7.92. The van der Waals surface area contributed by atoms with Crippen molar-refractivity contribution in [2.45, 2.75) is 25.2 Å². The van der Waals surface area contributed by atoms with E-state index >= 15 is 0 Å².